The number of hydrogen-bond donors (Lipinski definition) is 6. The summed E-state index contributed by atoms with van der Waals surface area (Å²) in [5.41, 5.74) is 12.1. The van der Waals surface area contributed by atoms with Crippen molar-refractivity contribution in [2.45, 2.75) is 84.9 Å². The number of benzene rings is 1. The monoisotopic (exact) mass is 673 g/mol. The highest BCUT2D eigenvalue weighted by molar-refractivity contribution is 7.09. The molecule has 0 saturated heterocycles. The van der Waals surface area contributed by atoms with E-state index < -0.39 is 53.8 Å². The Hall–Kier alpha value is -4.53. The maximum absolute atomic E-state index is 13.3. The molecule has 2 aromatic rings. The van der Waals surface area contributed by atoms with Crippen LogP contribution in [-0.4, -0.2) is 59.7 Å². The molecule has 14 nitrogen and oxygen atoms in total. The number of carbonyl (C=O) groups excluding carboxylic acids is 6. The highest BCUT2D eigenvalue weighted by Crippen LogP contribution is 2.31. The van der Waals surface area contributed by atoms with Gasteiger partial charge in [0, 0.05) is 36.5 Å². The Bertz CT molecular complexity index is 1370. The Morgan fingerprint density at radius 1 is 1.02 bits per heavy atom. The third-order valence-corrected chi connectivity index (χ3v) is 8.72. The highest BCUT2D eigenvalue weighted by Gasteiger charge is 2.26. The summed E-state index contributed by atoms with van der Waals surface area (Å²) < 4.78 is 5.54. The molecule has 6 amide bonds. The van der Waals surface area contributed by atoms with E-state index in [4.69, 9.17) is 16.2 Å². The number of rotatable bonds is 20. The second-order valence-corrected chi connectivity index (χ2v) is 12.9. The summed E-state index contributed by atoms with van der Waals surface area (Å²) in [6.45, 7) is 9.55. The van der Waals surface area contributed by atoms with E-state index in [1.165, 1.54) is 18.3 Å². The molecule has 0 aliphatic rings. The number of hydrogen-bond acceptors (Lipinski definition) is 9. The van der Waals surface area contributed by atoms with Crippen molar-refractivity contribution in [2.24, 2.45) is 29.2 Å². The molecule has 0 spiro atoms. The fraction of sp³-hybridized carbons (Fsp3) is 0.531. The van der Waals surface area contributed by atoms with E-state index in [1.54, 1.807) is 36.6 Å². The summed E-state index contributed by atoms with van der Waals surface area (Å²) in [6, 6.07) is 4.98. The number of nitrogens with one attached hydrogen (secondary N) is 4. The second kappa shape index (κ2) is 19.2. The Kier molecular flexibility index (Phi) is 15.8. The van der Waals surface area contributed by atoms with Crippen molar-refractivity contribution in [2.75, 3.05) is 11.9 Å². The van der Waals surface area contributed by atoms with E-state index in [1.807, 2.05) is 0 Å². The number of anilines is 1. The number of amides is 6. The fourth-order valence-electron chi connectivity index (χ4n) is 4.67. The van der Waals surface area contributed by atoms with E-state index in [0.717, 1.165) is 5.56 Å². The second-order valence-electron chi connectivity index (χ2n) is 12.0. The molecule has 0 fully saturated rings. The van der Waals surface area contributed by atoms with Crippen molar-refractivity contribution in [1.29, 1.82) is 0 Å². The number of aromatic nitrogens is 1. The summed E-state index contributed by atoms with van der Waals surface area (Å²) in [4.78, 5) is 76.1. The van der Waals surface area contributed by atoms with Gasteiger partial charge in [-0.05, 0) is 61.6 Å². The van der Waals surface area contributed by atoms with E-state index in [2.05, 4.69) is 47.0 Å². The van der Waals surface area contributed by atoms with Gasteiger partial charge in [-0.25, -0.2) is 9.78 Å². The molecule has 0 aliphatic carbocycles. The number of primary amides is 2. The average Bonchev–Trinajstić information content (AvgIpc) is 3.49. The smallest absolute Gasteiger partial charge is 0.312 e. The van der Waals surface area contributed by atoms with Crippen LogP contribution in [0.5, 0.6) is 0 Å². The van der Waals surface area contributed by atoms with E-state index in [0.29, 0.717) is 42.3 Å². The first-order valence-electron chi connectivity index (χ1n) is 15.6. The SMILES string of the molecule is CC(=O)O[C@H](C[C@@H](C)C(C)C)c1nc(C(=O)N[C@@H](Cc2ccc(NC(=O)[C@H](CCCNC(N)=O)NC=O)cc2)CC(C)C(N)=O)cs1. The summed E-state index contributed by atoms with van der Waals surface area (Å²) >= 11 is 1.25. The topological polar surface area (TPSA) is 225 Å². The molecular weight excluding hydrogens is 626 g/mol. The van der Waals surface area contributed by atoms with E-state index >= 15 is 0 Å². The van der Waals surface area contributed by atoms with E-state index in [-0.39, 0.29) is 31.0 Å². The average molecular weight is 674 g/mol. The molecule has 5 atom stereocenters. The van der Waals surface area contributed by atoms with Gasteiger partial charge in [0.15, 0.2) is 6.10 Å². The number of nitrogens with zero attached hydrogens (tertiary/aromatic N) is 1. The van der Waals surface area contributed by atoms with Gasteiger partial charge < -0.3 is 37.5 Å². The maximum Gasteiger partial charge on any atom is 0.312 e. The zero-order valence-corrected chi connectivity index (χ0v) is 28.4. The quantitative estimate of drug-likeness (QED) is 0.0694. The van der Waals surface area contributed by atoms with Crippen molar-refractivity contribution in [3.8, 4) is 0 Å². The minimum Gasteiger partial charge on any atom is -0.455 e. The van der Waals surface area contributed by atoms with Crippen molar-refractivity contribution in [1.82, 2.24) is 20.9 Å². The van der Waals surface area contributed by atoms with Gasteiger partial charge in [0.25, 0.3) is 5.91 Å². The van der Waals surface area contributed by atoms with Gasteiger partial charge in [0.1, 0.15) is 16.7 Å². The molecule has 1 aromatic carbocycles. The fourth-order valence-corrected chi connectivity index (χ4v) is 5.51. The van der Waals surface area contributed by atoms with Gasteiger partial charge in [0.05, 0.1) is 0 Å². The molecule has 1 heterocycles. The summed E-state index contributed by atoms with van der Waals surface area (Å²) in [7, 11) is 0. The molecule has 1 unspecified atom stereocenters. The van der Waals surface area contributed by atoms with Gasteiger partial charge in [-0.3, -0.25) is 24.0 Å². The number of carbonyl (C=O) groups is 6. The summed E-state index contributed by atoms with van der Waals surface area (Å²) in [5, 5.41) is 12.8. The standard InChI is InChI=1S/C32H47N7O7S/c1-18(2)19(3)14-27(46-21(5)41)31-39-26(16-47-31)30(44)38-24(13-20(4)28(33)42)15-22-8-10-23(11-9-22)37-29(43)25(36-17-40)7-6-12-35-32(34)45/h8-11,16-20,24-25,27H,6-7,12-15H2,1-5H3,(H2,33,42)(H,36,40)(H,37,43)(H,38,44)(H3,34,35,45)/t19-,20?,24-,25+,27-/m1/s1. The molecule has 47 heavy (non-hydrogen) atoms. The van der Waals surface area contributed by atoms with Crippen LogP contribution in [-0.2, 0) is 30.3 Å². The maximum atomic E-state index is 13.3. The molecule has 0 saturated carbocycles. The molecule has 258 valence electrons. The highest BCUT2D eigenvalue weighted by atomic mass is 32.1. The van der Waals surface area contributed by atoms with Gasteiger partial charge in [0.2, 0.25) is 18.2 Å². The number of urea groups is 1. The van der Waals surface area contributed by atoms with Gasteiger partial charge >= 0.3 is 12.0 Å². The molecule has 8 N–H and O–H groups in total. The molecule has 0 radical (unpaired) electrons. The molecule has 2 rings (SSSR count). The van der Waals surface area contributed by atoms with Crippen LogP contribution in [0.4, 0.5) is 10.5 Å². The molecule has 15 heteroatoms. The Morgan fingerprint density at radius 3 is 2.28 bits per heavy atom. The number of nitrogens with two attached hydrogens (primary N) is 2. The molecule has 1 aromatic heterocycles. The summed E-state index contributed by atoms with van der Waals surface area (Å²) in [6.07, 6.45) is 1.79. The van der Waals surface area contributed by atoms with Crippen molar-refractivity contribution < 1.29 is 33.5 Å². The van der Waals surface area contributed by atoms with Crippen LogP contribution in [0.2, 0.25) is 0 Å². The van der Waals surface area contributed by atoms with Crippen LogP contribution in [0.25, 0.3) is 0 Å². The Balaban J connectivity index is 2.13. The lowest BCUT2D eigenvalue weighted by Gasteiger charge is -2.22. The Labute approximate surface area is 279 Å². The zero-order valence-electron chi connectivity index (χ0n) is 27.5. The van der Waals surface area contributed by atoms with Crippen molar-refractivity contribution in [3.05, 3.63) is 45.9 Å². The summed E-state index contributed by atoms with van der Waals surface area (Å²) in [5.74, 6) is -1.68. The van der Waals surface area contributed by atoms with Gasteiger partial charge in [-0.15, -0.1) is 11.3 Å². The lowest BCUT2D eigenvalue weighted by molar-refractivity contribution is -0.147. The first-order valence-corrected chi connectivity index (χ1v) is 16.4. The first kappa shape index (κ1) is 38.7. The van der Waals surface area contributed by atoms with Crippen LogP contribution < -0.4 is 32.7 Å². The van der Waals surface area contributed by atoms with Crippen LogP contribution >= 0.6 is 11.3 Å². The zero-order chi connectivity index (χ0) is 35.1. The number of thiazole rings is 1. The van der Waals surface area contributed by atoms with Crippen LogP contribution in [0.3, 0.4) is 0 Å². The van der Waals surface area contributed by atoms with Crippen molar-refractivity contribution >= 4 is 53.2 Å². The normalized spacial score (nSPS) is 14.2. The van der Waals surface area contributed by atoms with Crippen LogP contribution in [0.15, 0.2) is 29.6 Å². The number of ether oxygens (including phenoxy) is 1. The minimum absolute atomic E-state index is 0.179. The van der Waals surface area contributed by atoms with Gasteiger partial charge in [-0.2, -0.15) is 0 Å². The lowest BCUT2D eigenvalue weighted by Crippen LogP contribution is -2.40. The third-order valence-electron chi connectivity index (χ3n) is 7.78. The largest absolute Gasteiger partial charge is 0.455 e. The molecule has 0 aliphatic heterocycles. The lowest BCUT2D eigenvalue weighted by atomic mass is 9.92. The minimum atomic E-state index is -0.814. The number of esters is 1. The van der Waals surface area contributed by atoms with Crippen LogP contribution in [0.1, 0.15) is 87.5 Å². The van der Waals surface area contributed by atoms with E-state index in [9.17, 15) is 28.8 Å². The predicted octanol–water partition coefficient (Wildman–Crippen LogP) is 2.78. The van der Waals surface area contributed by atoms with Crippen molar-refractivity contribution in [3.63, 3.8) is 0 Å². The Morgan fingerprint density at radius 2 is 1.70 bits per heavy atom. The third kappa shape index (κ3) is 13.8. The first-order chi connectivity index (χ1) is 22.2. The molecule has 0 bridgehead atoms. The van der Waals surface area contributed by atoms with Gasteiger partial charge in [-0.1, -0.05) is 39.8 Å². The predicted molar refractivity (Wildman–Crippen MR) is 178 cm³/mol. The molecular formula is C32H47N7O7S. The van der Waals surface area contributed by atoms with Crippen LogP contribution in [0, 0.1) is 17.8 Å².